The van der Waals surface area contributed by atoms with Crippen molar-refractivity contribution < 1.29 is 4.74 Å². The van der Waals surface area contributed by atoms with Gasteiger partial charge in [-0.25, -0.2) is 0 Å². The molecular formula is C15H29NO. The van der Waals surface area contributed by atoms with E-state index in [0.717, 1.165) is 12.5 Å². The van der Waals surface area contributed by atoms with Crippen LogP contribution >= 0.6 is 0 Å². The molecule has 1 spiro atoms. The van der Waals surface area contributed by atoms with E-state index in [1.807, 2.05) is 7.11 Å². The summed E-state index contributed by atoms with van der Waals surface area (Å²) in [4.78, 5) is 0. The molecule has 2 rings (SSSR count). The number of methoxy groups -OCH3 is 1. The van der Waals surface area contributed by atoms with Crippen LogP contribution in [-0.2, 0) is 4.74 Å². The fourth-order valence-corrected chi connectivity index (χ4v) is 4.29. The fourth-order valence-electron chi connectivity index (χ4n) is 4.29. The van der Waals surface area contributed by atoms with E-state index in [0.29, 0.717) is 16.9 Å². The number of hydrogen-bond donors (Lipinski definition) is 1. The molecule has 2 aliphatic carbocycles. The molecule has 17 heavy (non-hydrogen) atoms. The molecule has 0 bridgehead atoms. The van der Waals surface area contributed by atoms with Crippen LogP contribution in [0.1, 0.15) is 52.9 Å². The topological polar surface area (TPSA) is 21.3 Å². The Morgan fingerprint density at radius 2 is 2.12 bits per heavy atom. The predicted molar refractivity (Wildman–Crippen MR) is 72.1 cm³/mol. The lowest BCUT2D eigenvalue weighted by Crippen LogP contribution is -2.27. The molecule has 0 aromatic rings. The van der Waals surface area contributed by atoms with Crippen molar-refractivity contribution in [3.63, 3.8) is 0 Å². The highest BCUT2D eigenvalue weighted by atomic mass is 16.5. The van der Waals surface area contributed by atoms with E-state index in [9.17, 15) is 0 Å². The molecule has 2 nitrogen and oxygen atoms in total. The van der Waals surface area contributed by atoms with Gasteiger partial charge in [0.1, 0.15) is 0 Å². The summed E-state index contributed by atoms with van der Waals surface area (Å²) in [6.45, 7) is 9.53. The van der Waals surface area contributed by atoms with Crippen molar-refractivity contribution in [3.05, 3.63) is 0 Å². The first-order valence-electron chi connectivity index (χ1n) is 7.32. The first kappa shape index (κ1) is 13.4. The summed E-state index contributed by atoms with van der Waals surface area (Å²) < 4.78 is 5.61. The van der Waals surface area contributed by atoms with Crippen molar-refractivity contribution in [2.45, 2.75) is 59.0 Å². The van der Waals surface area contributed by atoms with E-state index < -0.39 is 0 Å². The van der Waals surface area contributed by atoms with Gasteiger partial charge in [-0.05, 0) is 55.5 Å². The highest BCUT2D eigenvalue weighted by Crippen LogP contribution is 2.74. The molecule has 0 amide bonds. The maximum absolute atomic E-state index is 5.61. The standard InChI is InChI=1S/C15H29NO/c1-5-9-16-11-13-14(2,3)15(13)8-6-7-12(10-15)17-4/h12-13,16H,5-11H2,1-4H3. The Kier molecular flexibility index (Phi) is 3.84. The highest BCUT2D eigenvalue weighted by Gasteiger charge is 2.70. The molecule has 2 heteroatoms. The first-order valence-corrected chi connectivity index (χ1v) is 7.32. The van der Waals surface area contributed by atoms with Gasteiger partial charge < -0.3 is 10.1 Å². The van der Waals surface area contributed by atoms with Crippen molar-refractivity contribution in [2.24, 2.45) is 16.7 Å². The summed E-state index contributed by atoms with van der Waals surface area (Å²) in [5.74, 6) is 0.861. The normalized spacial score (nSPS) is 39.5. The maximum atomic E-state index is 5.61. The largest absolute Gasteiger partial charge is 0.381 e. The molecule has 2 fully saturated rings. The summed E-state index contributed by atoms with van der Waals surface area (Å²) in [5.41, 5.74) is 1.09. The average molecular weight is 239 g/mol. The molecule has 0 radical (unpaired) electrons. The zero-order valence-corrected chi connectivity index (χ0v) is 12.0. The van der Waals surface area contributed by atoms with Crippen LogP contribution in [0.4, 0.5) is 0 Å². The Morgan fingerprint density at radius 3 is 2.76 bits per heavy atom. The summed E-state index contributed by atoms with van der Waals surface area (Å²) in [5, 5.41) is 3.62. The Hall–Kier alpha value is -0.0800. The van der Waals surface area contributed by atoms with Gasteiger partial charge in [0, 0.05) is 7.11 Å². The Labute approximate surface area is 107 Å². The zero-order chi connectivity index (χ0) is 12.5. The van der Waals surface area contributed by atoms with Crippen molar-refractivity contribution in [1.82, 2.24) is 5.32 Å². The van der Waals surface area contributed by atoms with E-state index in [4.69, 9.17) is 4.74 Å². The number of nitrogens with one attached hydrogen (secondary N) is 1. The van der Waals surface area contributed by atoms with Crippen molar-refractivity contribution in [2.75, 3.05) is 20.2 Å². The van der Waals surface area contributed by atoms with Crippen LogP contribution in [0.2, 0.25) is 0 Å². The Morgan fingerprint density at radius 1 is 1.35 bits per heavy atom. The molecule has 3 unspecified atom stereocenters. The third kappa shape index (κ3) is 2.15. The molecular weight excluding hydrogens is 210 g/mol. The molecule has 3 atom stereocenters. The monoisotopic (exact) mass is 239 g/mol. The van der Waals surface area contributed by atoms with Gasteiger partial charge in [0.05, 0.1) is 6.10 Å². The molecule has 0 aromatic heterocycles. The maximum Gasteiger partial charge on any atom is 0.0577 e. The molecule has 1 N–H and O–H groups in total. The van der Waals surface area contributed by atoms with Gasteiger partial charge in [-0.3, -0.25) is 0 Å². The minimum atomic E-state index is 0.513. The number of hydrogen-bond acceptors (Lipinski definition) is 2. The SMILES string of the molecule is CCCNCC1C(C)(C)C12CCCC(OC)C2. The van der Waals surface area contributed by atoms with Crippen molar-refractivity contribution in [3.8, 4) is 0 Å². The second kappa shape index (κ2) is 4.89. The molecule has 0 aromatic carbocycles. The fraction of sp³-hybridized carbons (Fsp3) is 1.00. The van der Waals surface area contributed by atoms with Crippen molar-refractivity contribution >= 4 is 0 Å². The second-order valence-corrected chi connectivity index (χ2v) is 6.59. The lowest BCUT2D eigenvalue weighted by atomic mass is 9.79. The number of rotatable bonds is 5. The minimum absolute atomic E-state index is 0.513. The van der Waals surface area contributed by atoms with E-state index in [1.165, 1.54) is 38.6 Å². The van der Waals surface area contributed by atoms with Gasteiger partial charge in [0.25, 0.3) is 0 Å². The van der Waals surface area contributed by atoms with Gasteiger partial charge in [0.15, 0.2) is 0 Å². The zero-order valence-electron chi connectivity index (χ0n) is 12.0. The van der Waals surface area contributed by atoms with E-state index >= 15 is 0 Å². The summed E-state index contributed by atoms with van der Waals surface area (Å²) >= 11 is 0. The van der Waals surface area contributed by atoms with Gasteiger partial charge in [-0.1, -0.05) is 27.2 Å². The van der Waals surface area contributed by atoms with Crippen LogP contribution in [-0.4, -0.2) is 26.3 Å². The van der Waals surface area contributed by atoms with Crippen LogP contribution in [0.15, 0.2) is 0 Å². The van der Waals surface area contributed by atoms with Crippen LogP contribution < -0.4 is 5.32 Å². The third-order valence-corrected chi connectivity index (χ3v) is 5.59. The molecule has 2 aliphatic rings. The Balaban J connectivity index is 1.95. The molecule has 2 saturated carbocycles. The van der Waals surface area contributed by atoms with Crippen LogP contribution in [0.25, 0.3) is 0 Å². The first-order chi connectivity index (χ1) is 8.08. The van der Waals surface area contributed by atoms with Crippen LogP contribution in [0.5, 0.6) is 0 Å². The smallest absolute Gasteiger partial charge is 0.0577 e. The van der Waals surface area contributed by atoms with E-state index in [2.05, 4.69) is 26.1 Å². The second-order valence-electron chi connectivity index (χ2n) is 6.59. The Bertz CT molecular complexity index is 264. The third-order valence-electron chi connectivity index (χ3n) is 5.59. The van der Waals surface area contributed by atoms with Gasteiger partial charge in [0.2, 0.25) is 0 Å². The van der Waals surface area contributed by atoms with Gasteiger partial charge >= 0.3 is 0 Å². The molecule has 100 valence electrons. The minimum Gasteiger partial charge on any atom is -0.381 e. The summed E-state index contributed by atoms with van der Waals surface area (Å²) in [6, 6.07) is 0. The van der Waals surface area contributed by atoms with E-state index in [1.54, 1.807) is 0 Å². The van der Waals surface area contributed by atoms with E-state index in [-0.39, 0.29) is 0 Å². The van der Waals surface area contributed by atoms with Gasteiger partial charge in [-0.15, -0.1) is 0 Å². The summed E-state index contributed by atoms with van der Waals surface area (Å²) in [6.07, 6.45) is 7.07. The van der Waals surface area contributed by atoms with Crippen molar-refractivity contribution in [1.29, 1.82) is 0 Å². The average Bonchev–Trinajstić information content (AvgIpc) is 2.75. The predicted octanol–water partition coefficient (Wildman–Crippen LogP) is 3.22. The number of ether oxygens (including phenoxy) is 1. The lowest BCUT2D eigenvalue weighted by molar-refractivity contribution is 0.0327. The quantitative estimate of drug-likeness (QED) is 0.744. The lowest BCUT2D eigenvalue weighted by Gasteiger charge is -2.31. The van der Waals surface area contributed by atoms with Gasteiger partial charge in [-0.2, -0.15) is 0 Å². The van der Waals surface area contributed by atoms with Crippen LogP contribution in [0.3, 0.4) is 0 Å². The highest BCUT2D eigenvalue weighted by molar-refractivity contribution is 5.19. The summed E-state index contributed by atoms with van der Waals surface area (Å²) in [7, 11) is 1.88. The van der Waals surface area contributed by atoms with Crippen LogP contribution in [0, 0.1) is 16.7 Å². The molecule has 0 heterocycles. The molecule has 0 aliphatic heterocycles. The molecule has 0 saturated heterocycles.